The van der Waals surface area contributed by atoms with E-state index in [1.165, 1.54) is 12.3 Å². The van der Waals surface area contributed by atoms with Crippen LogP contribution in [0.5, 0.6) is 5.75 Å². The molecule has 0 aromatic carbocycles. The van der Waals surface area contributed by atoms with Gasteiger partial charge in [0.1, 0.15) is 0 Å². The van der Waals surface area contributed by atoms with Crippen molar-refractivity contribution < 1.29 is 17.4 Å². The summed E-state index contributed by atoms with van der Waals surface area (Å²) >= 11 is -0.547. The number of hydrogen-bond donors (Lipinski definition) is 0. The van der Waals surface area contributed by atoms with E-state index in [9.17, 15) is 13.2 Å². The summed E-state index contributed by atoms with van der Waals surface area (Å²) in [6.07, 6.45) is 1.24. The maximum atomic E-state index is 11.6. The number of pyridine rings is 1. The van der Waals surface area contributed by atoms with Gasteiger partial charge in [-0.25, -0.2) is 0 Å². The first kappa shape index (κ1) is 10.2. The zero-order valence-electron chi connectivity index (χ0n) is 6.63. The lowest BCUT2D eigenvalue weighted by Crippen LogP contribution is -2.02. The molecule has 0 N–H and O–H groups in total. The average molecular weight is 209 g/mol. The Morgan fingerprint density at radius 3 is 2.54 bits per heavy atom. The minimum Gasteiger partial charge on any atom is -0.415 e. The summed E-state index contributed by atoms with van der Waals surface area (Å²) in [5, 5.41) is 0. The number of rotatable bonds is 2. The van der Waals surface area contributed by atoms with Gasteiger partial charge in [-0.05, 0) is 19.1 Å². The number of alkyl halides is 3. The third-order valence-electron chi connectivity index (χ3n) is 1.12. The molecule has 1 heterocycles. The van der Waals surface area contributed by atoms with Crippen molar-refractivity contribution in [3.05, 3.63) is 24.0 Å². The molecule has 0 aliphatic carbocycles. The second kappa shape index (κ2) is 3.87. The van der Waals surface area contributed by atoms with Gasteiger partial charge in [0.05, 0.1) is 6.20 Å². The van der Waals surface area contributed by atoms with E-state index in [1.807, 2.05) is 0 Å². The first-order valence-corrected chi connectivity index (χ1v) is 4.06. The Labute approximate surface area is 77.3 Å². The molecule has 0 amide bonds. The SMILES string of the molecule is Cc1ccc(OSC(F)(F)F)cn1. The number of halogens is 3. The summed E-state index contributed by atoms with van der Waals surface area (Å²) < 4.78 is 39.3. The van der Waals surface area contributed by atoms with Crippen molar-refractivity contribution in [1.29, 1.82) is 0 Å². The number of aromatic nitrogens is 1. The van der Waals surface area contributed by atoms with E-state index < -0.39 is 17.6 Å². The second-order valence-electron chi connectivity index (χ2n) is 2.25. The number of aryl methyl sites for hydroxylation is 1. The summed E-state index contributed by atoms with van der Waals surface area (Å²) in [5.74, 6) is 0.0907. The standard InChI is InChI=1S/C7H6F3NOS/c1-5-2-3-6(4-11-5)12-13-7(8,9)10/h2-4H,1H3. The summed E-state index contributed by atoms with van der Waals surface area (Å²) in [4.78, 5) is 3.77. The lowest BCUT2D eigenvalue weighted by Gasteiger charge is -2.05. The van der Waals surface area contributed by atoms with Gasteiger partial charge < -0.3 is 4.18 Å². The topological polar surface area (TPSA) is 22.1 Å². The van der Waals surface area contributed by atoms with Crippen molar-refractivity contribution in [2.24, 2.45) is 0 Å². The maximum Gasteiger partial charge on any atom is 0.479 e. The van der Waals surface area contributed by atoms with E-state index in [0.717, 1.165) is 5.69 Å². The van der Waals surface area contributed by atoms with Crippen molar-refractivity contribution in [3.8, 4) is 5.75 Å². The first-order chi connectivity index (χ1) is 5.97. The van der Waals surface area contributed by atoms with Crippen molar-refractivity contribution in [1.82, 2.24) is 4.98 Å². The quantitative estimate of drug-likeness (QED) is 0.699. The van der Waals surface area contributed by atoms with Gasteiger partial charge in [-0.2, -0.15) is 13.2 Å². The van der Waals surface area contributed by atoms with Crippen LogP contribution in [0.4, 0.5) is 13.2 Å². The van der Waals surface area contributed by atoms with E-state index in [1.54, 1.807) is 13.0 Å². The van der Waals surface area contributed by atoms with Crippen molar-refractivity contribution in [3.63, 3.8) is 0 Å². The van der Waals surface area contributed by atoms with Crippen molar-refractivity contribution >= 4 is 12.0 Å². The molecule has 1 aromatic heterocycles. The molecule has 1 rings (SSSR count). The predicted octanol–water partition coefficient (Wildman–Crippen LogP) is 2.94. The molecular weight excluding hydrogens is 203 g/mol. The van der Waals surface area contributed by atoms with Crippen molar-refractivity contribution in [2.45, 2.75) is 12.4 Å². The fourth-order valence-corrected chi connectivity index (χ4v) is 0.888. The third-order valence-corrected chi connectivity index (χ3v) is 1.58. The molecule has 0 unspecified atom stereocenters. The molecule has 0 atom stereocenters. The smallest absolute Gasteiger partial charge is 0.415 e. The highest BCUT2D eigenvalue weighted by atomic mass is 32.2. The fraction of sp³-hybridized carbons (Fsp3) is 0.286. The number of nitrogens with zero attached hydrogens (tertiary/aromatic N) is 1. The highest BCUT2D eigenvalue weighted by Gasteiger charge is 2.31. The van der Waals surface area contributed by atoms with Gasteiger partial charge in [-0.3, -0.25) is 4.98 Å². The minimum atomic E-state index is -4.38. The van der Waals surface area contributed by atoms with Crippen LogP contribution in [0.1, 0.15) is 5.69 Å². The Bertz CT molecular complexity index is 272. The van der Waals surface area contributed by atoms with Gasteiger partial charge in [0, 0.05) is 5.69 Å². The van der Waals surface area contributed by atoms with Crippen LogP contribution in [0.3, 0.4) is 0 Å². The molecule has 0 bridgehead atoms. The zero-order valence-corrected chi connectivity index (χ0v) is 7.45. The molecule has 6 heteroatoms. The second-order valence-corrected chi connectivity index (χ2v) is 3.04. The van der Waals surface area contributed by atoms with Gasteiger partial charge in [0.2, 0.25) is 0 Å². The van der Waals surface area contributed by atoms with Gasteiger partial charge in [0.25, 0.3) is 0 Å². The Morgan fingerprint density at radius 2 is 2.08 bits per heavy atom. The van der Waals surface area contributed by atoms with Crippen LogP contribution in [0.25, 0.3) is 0 Å². The van der Waals surface area contributed by atoms with E-state index >= 15 is 0 Å². The van der Waals surface area contributed by atoms with Crippen LogP contribution in [-0.2, 0) is 0 Å². The summed E-state index contributed by atoms with van der Waals surface area (Å²) in [6, 6.07) is 3.01. The van der Waals surface area contributed by atoms with E-state index in [4.69, 9.17) is 0 Å². The molecule has 0 fully saturated rings. The maximum absolute atomic E-state index is 11.6. The largest absolute Gasteiger partial charge is 0.479 e. The Kier molecular flexibility index (Phi) is 3.02. The summed E-state index contributed by atoms with van der Waals surface area (Å²) in [5.41, 5.74) is -3.66. The van der Waals surface area contributed by atoms with Gasteiger partial charge in [-0.15, -0.1) is 0 Å². The molecular formula is C7H6F3NOS. The van der Waals surface area contributed by atoms with Gasteiger partial charge >= 0.3 is 5.51 Å². The van der Waals surface area contributed by atoms with E-state index in [0.29, 0.717) is 0 Å². The molecule has 2 nitrogen and oxygen atoms in total. The number of hydrogen-bond acceptors (Lipinski definition) is 3. The molecule has 0 saturated carbocycles. The lowest BCUT2D eigenvalue weighted by molar-refractivity contribution is -0.0369. The normalized spacial score (nSPS) is 11.4. The van der Waals surface area contributed by atoms with E-state index in [2.05, 4.69) is 9.17 Å². The minimum absolute atomic E-state index is 0.0907. The average Bonchev–Trinajstić information content (AvgIpc) is 2.02. The molecule has 0 aliphatic rings. The molecule has 72 valence electrons. The first-order valence-electron chi connectivity index (χ1n) is 3.32. The van der Waals surface area contributed by atoms with Crippen LogP contribution in [0.2, 0.25) is 0 Å². The fourth-order valence-electron chi connectivity index (χ4n) is 0.599. The molecule has 0 aliphatic heterocycles. The summed E-state index contributed by atoms with van der Waals surface area (Å²) in [7, 11) is 0. The Morgan fingerprint density at radius 1 is 1.38 bits per heavy atom. The molecule has 0 radical (unpaired) electrons. The van der Waals surface area contributed by atoms with E-state index in [-0.39, 0.29) is 5.75 Å². The molecule has 0 saturated heterocycles. The molecule has 13 heavy (non-hydrogen) atoms. The van der Waals surface area contributed by atoms with Crippen molar-refractivity contribution in [2.75, 3.05) is 0 Å². The Balaban J connectivity index is 2.51. The highest BCUT2D eigenvalue weighted by molar-refractivity contribution is 7.95. The van der Waals surface area contributed by atoms with Crippen LogP contribution < -0.4 is 4.18 Å². The highest BCUT2D eigenvalue weighted by Crippen LogP contribution is 2.31. The summed E-state index contributed by atoms with van der Waals surface area (Å²) in [6.45, 7) is 1.74. The Hall–Kier alpha value is -0.910. The predicted molar refractivity (Wildman–Crippen MR) is 43.2 cm³/mol. The lowest BCUT2D eigenvalue weighted by atomic mass is 10.4. The monoisotopic (exact) mass is 209 g/mol. The van der Waals surface area contributed by atoms with Crippen LogP contribution in [0.15, 0.2) is 18.3 Å². The van der Waals surface area contributed by atoms with Gasteiger partial charge in [-0.1, -0.05) is 0 Å². The van der Waals surface area contributed by atoms with Gasteiger partial charge in [0.15, 0.2) is 17.8 Å². The van der Waals surface area contributed by atoms with Crippen LogP contribution in [-0.4, -0.2) is 10.5 Å². The van der Waals surface area contributed by atoms with Crippen LogP contribution >= 0.6 is 12.0 Å². The van der Waals surface area contributed by atoms with Crippen LogP contribution in [0, 0.1) is 6.92 Å². The molecule has 1 aromatic rings. The zero-order chi connectivity index (χ0) is 9.90. The third kappa shape index (κ3) is 4.02. The molecule has 0 spiro atoms.